The van der Waals surface area contributed by atoms with Gasteiger partial charge in [-0.2, -0.15) is 0 Å². The number of aromatic nitrogens is 2. The predicted molar refractivity (Wildman–Crippen MR) is 133 cm³/mol. The maximum atomic E-state index is 12.9. The molecule has 34 heavy (non-hydrogen) atoms. The Kier molecular flexibility index (Phi) is 6.40. The van der Waals surface area contributed by atoms with Gasteiger partial charge in [-0.05, 0) is 82.1 Å². The van der Waals surface area contributed by atoms with E-state index in [4.69, 9.17) is 4.98 Å². The summed E-state index contributed by atoms with van der Waals surface area (Å²) >= 11 is 3.62. The summed E-state index contributed by atoms with van der Waals surface area (Å²) in [4.78, 5) is 22.4. The van der Waals surface area contributed by atoms with Gasteiger partial charge in [0.15, 0.2) is 0 Å². The van der Waals surface area contributed by atoms with Crippen molar-refractivity contribution in [3.63, 3.8) is 0 Å². The molecule has 1 aliphatic heterocycles. The molecule has 1 atom stereocenters. The number of rotatable bonds is 3. The van der Waals surface area contributed by atoms with Crippen LogP contribution in [0.25, 0.3) is 0 Å². The molecule has 5 rings (SSSR count). The zero-order chi connectivity index (χ0) is 23.8. The van der Waals surface area contributed by atoms with Crippen molar-refractivity contribution >= 4 is 21.8 Å². The normalized spacial score (nSPS) is 18.2. The highest BCUT2D eigenvalue weighted by Crippen LogP contribution is 2.39. The van der Waals surface area contributed by atoms with Gasteiger partial charge in [-0.15, -0.1) is 0 Å². The minimum Gasteiger partial charge on any atom is -0.340 e. The zero-order valence-electron chi connectivity index (χ0n) is 19.7. The third-order valence-electron chi connectivity index (χ3n) is 7.22. The van der Waals surface area contributed by atoms with Gasteiger partial charge in [0.1, 0.15) is 0 Å². The van der Waals surface area contributed by atoms with Crippen LogP contribution in [0.1, 0.15) is 45.1 Å². The lowest BCUT2D eigenvalue weighted by Gasteiger charge is -2.40. The van der Waals surface area contributed by atoms with Gasteiger partial charge in [-0.25, -0.2) is 0 Å². The standard InChI is InChI=1S/C27H30BrN4O2/c1-18-3-4-19(2)25-23(18)6-5-21-16-22(28)17-29-26(21)27(25)31-13-11-30(12-14-31)24(33)15-20-7-9-32(34)10-8-20/h3-4,7-10,16-17,27,34H,5-6,11-15H2,1-2H3/q+1. The Labute approximate surface area is 208 Å². The van der Waals surface area contributed by atoms with E-state index in [1.54, 1.807) is 24.5 Å². The first-order valence-electron chi connectivity index (χ1n) is 11.9. The molecule has 1 fully saturated rings. The number of hydrogen-bond acceptors (Lipinski definition) is 4. The van der Waals surface area contributed by atoms with Crippen LogP contribution in [0.15, 0.2) is 53.4 Å². The van der Waals surface area contributed by atoms with E-state index in [-0.39, 0.29) is 11.9 Å². The molecule has 1 N–H and O–H groups in total. The molecule has 0 radical (unpaired) electrons. The largest absolute Gasteiger partial charge is 0.340 e. The minimum absolute atomic E-state index is 0.104. The molecule has 1 aliphatic carbocycles. The number of hydrogen-bond donors (Lipinski definition) is 1. The summed E-state index contributed by atoms with van der Waals surface area (Å²) in [6.45, 7) is 7.46. The Morgan fingerprint density at radius 1 is 1.09 bits per heavy atom. The second-order valence-electron chi connectivity index (χ2n) is 9.37. The van der Waals surface area contributed by atoms with Crippen LogP contribution >= 0.6 is 15.9 Å². The smallest absolute Gasteiger partial charge is 0.227 e. The number of aryl methyl sites for hydroxylation is 3. The SMILES string of the molecule is Cc1ccc(C)c2c1CCc1cc(Br)cnc1C2N1CCN(C(=O)Cc2cc[n+](O)cc2)CC1. The first kappa shape index (κ1) is 23.0. The Hall–Kier alpha value is -2.77. The fraction of sp³-hybridized carbons (Fsp3) is 0.370. The maximum Gasteiger partial charge on any atom is 0.227 e. The van der Waals surface area contributed by atoms with E-state index >= 15 is 0 Å². The van der Waals surface area contributed by atoms with Crippen molar-refractivity contribution in [2.45, 2.75) is 39.2 Å². The second kappa shape index (κ2) is 9.47. The van der Waals surface area contributed by atoms with Gasteiger partial charge >= 0.3 is 0 Å². The quantitative estimate of drug-likeness (QED) is 0.422. The highest BCUT2D eigenvalue weighted by molar-refractivity contribution is 9.10. The Morgan fingerprint density at radius 3 is 2.53 bits per heavy atom. The number of benzene rings is 1. The highest BCUT2D eigenvalue weighted by Gasteiger charge is 2.34. The van der Waals surface area contributed by atoms with Crippen molar-refractivity contribution in [2.75, 3.05) is 26.2 Å². The van der Waals surface area contributed by atoms with Crippen molar-refractivity contribution in [3.05, 3.63) is 92.5 Å². The Bertz CT molecular complexity index is 1220. The van der Waals surface area contributed by atoms with Gasteiger partial charge in [0, 0.05) is 53.7 Å². The van der Waals surface area contributed by atoms with Gasteiger partial charge in [0.25, 0.3) is 0 Å². The third kappa shape index (κ3) is 4.46. The van der Waals surface area contributed by atoms with Crippen molar-refractivity contribution in [2.24, 2.45) is 0 Å². The molecule has 6 nitrogen and oxygen atoms in total. The van der Waals surface area contributed by atoms with Crippen LogP contribution in [-0.2, 0) is 24.1 Å². The predicted octanol–water partition coefficient (Wildman–Crippen LogP) is 3.56. The highest BCUT2D eigenvalue weighted by atomic mass is 79.9. The molecule has 3 heterocycles. The molecular weight excluding hydrogens is 492 g/mol. The van der Waals surface area contributed by atoms with E-state index in [0.29, 0.717) is 19.5 Å². The monoisotopic (exact) mass is 521 g/mol. The van der Waals surface area contributed by atoms with Crippen LogP contribution < -0.4 is 4.73 Å². The molecule has 7 heteroatoms. The molecular formula is C27H30BrN4O2+. The third-order valence-corrected chi connectivity index (χ3v) is 7.66. The summed E-state index contributed by atoms with van der Waals surface area (Å²) in [5.74, 6) is 0.131. The summed E-state index contributed by atoms with van der Waals surface area (Å²) in [6, 6.07) is 10.4. The summed E-state index contributed by atoms with van der Waals surface area (Å²) in [7, 11) is 0. The van der Waals surface area contributed by atoms with Crippen molar-refractivity contribution in [1.29, 1.82) is 0 Å². The topological polar surface area (TPSA) is 60.6 Å². The van der Waals surface area contributed by atoms with Crippen LogP contribution in [0.5, 0.6) is 0 Å². The zero-order valence-corrected chi connectivity index (χ0v) is 21.3. The van der Waals surface area contributed by atoms with Crippen molar-refractivity contribution in [3.8, 4) is 0 Å². The van der Waals surface area contributed by atoms with Crippen LogP contribution in [-0.4, -0.2) is 52.1 Å². The number of fused-ring (bicyclic) bond motifs is 2. The molecule has 1 saturated heterocycles. The first-order valence-corrected chi connectivity index (χ1v) is 12.6. The van der Waals surface area contributed by atoms with Crippen LogP contribution in [0.3, 0.4) is 0 Å². The summed E-state index contributed by atoms with van der Waals surface area (Å²) < 4.78 is 2.01. The van der Waals surface area contributed by atoms with Gasteiger partial charge < -0.3 is 4.90 Å². The molecule has 2 aliphatic rings. The van der Waals surface area contributed by atoms with E-state index < -0.39 is 0 Å². The number of carbonyl (C=O) groups excluding carboxylic acids is 1. The molecule has 0 spiro atoms. The van der Waals surface area contributed by atoms with Crippen LogP contribution in [0.4, 0.5) is 0 Å². The van der Waals surface area contributed by atoms with Crippen molar-refractivity contribution in [1.82, 2.24) is 14.8 Å². The Balaban J connectivity index is 1.40. The van der Waals surface area contributed by atoms with E-state index in [0.717, 1.165) is 46.4 Å². The molecule has 1 amide bonds. The lowest BCUT2D eigenvalue weighted by molar-refractivity contribution is -0.904. The minimum atomic E-state index is 0.104. The molecule has 0 bridgehead atoms. The second-order valence-corrected chi connectivity index (χ2v) is 10.3. The number of halogens is 1. The van der Waals surface area contributed by atoms with E-state index in [1.165, 1.54) is 27.8 Å². The van der Waals surface area contributed by atoms with Crippen LogP contribution in [0.2, 0.25) is 0 Å². The number of pyridine rings is 2. The molecule has 3 aromatic rings. The Morgan fingerprint density at radius 2 is 1.79 bits per heavy atom. The van der Waals surface area contributed by atoms with Gasteiger partial charge in [0.2, 0.25) is 18.3 Å². The average molecular weight is 522 g/mol. The molecule has 1 aromatic carbocycles. The number of piperazine rings is 1. The summed E-state index contributed by atoms with van der Waals surface area (Å²) in [5, 5.41) is 9.41. The molecule has 1 unspecified atom stereocenters. The molecule has 2 aromatic heterocycles. The number of carbonyl (C=O) groups is 1. The van der Waals surface area contributed by atoms with E-state index in [2.05, 4.69) is 52.9 Å². The maximum absolute atomic E-state index is 12.9. The summed E-state index contributed by atoms with van der Waals surface area (Å²) in [5.41, 5.74) is 8.86. The van der Waals surface area contributed by atoms with Crippen LogP contribution in [0, 0.1) is 13.8 Å². The molecule has 176 valence electrons. The van der Waals surface area contributed by atoms with E-state index in [1.807, 2.05) is 11.1 Å². The fourth-order valence-corrected chi connectivity index (χ4v) is 5.76. The average Bonchev–Trinajstić information content (AvgIpc) is 3.00. The van der Waals surface area contributed by atoms with Crippen molar-refractivity contribution < 1.29 is 14.7 Å². The first-order chi connectivity index (χ1) is 16.4. The van der Waals surface area contributed by atoms with Gasteiger partial charge in [-0.1, -0.05) is 12.1 Å². The molecule has 0 saturated carbocycles. The number of nitrogens with zero attached hydrogens (tertiary/aromatic N) is 4. The van der Waals surface area contributed by atoms with Gasteiger partial charge in [0.05, 0.1) is 18.2 Å². The lowest BCUT2D eigenvalue weighted by atomic mass is 9.89. The lowest BCUT2D eigenvalue weighted by Crippen LogP contribution is -2.50. The van der Waals surface area contributed by atoms with Gasteiger partial charge in [-0.3, -0.25) is 19.9 Å². The fourth-order valence-electron chi connectivity index (χ4n) is 5.38. The summed E-state index contributed by atoms with van der Waals surface area (Å²) in [6.07, 6.45) is 7.38. The van der Waals surface area contributed by atoms with E-state index in [9.17, 15) is 10.0 Å². The number of amides is 1.